The number of nitrogens with one attached hydrogen (secondary N) is 1. The standard InChI is InChI=1S/C17H25N3/c1-5-18-11-15-10-14-8-6-7-9-16(14)19-17(15)20(4)12-13(2)3/h6-10,13,18H,5,11-12H2,1-4H3. The molecule has 2 rings (SSSR count). The lowest BCUT2D eigenvalue weighted by atomic mass is 10.1. The Bertz CT molecular complexity index is 563. The van der Waals surface area contributed by atoms with E-state index in [1.165, 1.54) is 10.9 Å². The van der Waals surface area contributed by atoms with Gasteiger partial charge < -0.3 is 10.2 Å². The largest absolute Gasteiger partial charge is 0.359 e. The van der Waals surface area contributed by atoms with Crippen molar-refractivity contribution >= 4 is 16.7 Å². The maximum absolute atomic E-state index is 4.87. The second kappa shape index (κ2) is 6.71. The third-order valence-corrected chi connectivity index (χ3v) is 3.35. The zero-order valence-corrected chi connectivity index (χ0v) is 13.0. The van der Waals surface area contributed by atoms with Gasteiger partial charge in [-0.2, -0.15) is 0 Å². The average molecular weight is 271 g/mol. The van der Waals surface area contributed by atoms with Gasteiger partial charge in [0.1, 0.15) is 5.82 Å². The van der Waals surface area contributed by atoms with Crippen LogP contribution in [0.4, 0.5) is 5.82 Å². The molecular formula is C17H25N3. The Morgan fingerprint density at radius 3 is 2.70 bits per heavy atom. The molecule has 3 heteroatoms. The highest BCUT2D eigenvalue weighted by Crippen LogP contribution is 2.23. The maximum atomic E-state index is 4.87. The van der Waals surface area contributed by atoms with Gasteiger partial charge in [-0.05, 0) is 24.6 Å². The molecule has 0 aliphatic rings. The third kappa shape index (κ3) is 3.48. The molecular weight excluding hydrogens is 246 g/mol. The number of hydrogen-bond acceptors (Lipinski definition) is 3. The molecule has 0 fully saturated rings. The molecule has 3 nitrogen and oxygen atoms in total. The van der Waals surface area contributed by atoms with E-state index in [9.17, 15) is 0 Å². The number of hydrogen-bond donors (Lipinski definition) is 1. The molecule has 0 saturated heterocycles. The summed E-state index contributed by atoms with van der Waals surface area (Å²) in [5.74, 6) is 1.72. The summed E-state index contributed by atoms with van der Waals surface area (Å²) in [5, 5.41) is 4.62. The van der Waals surface area contributed by atoms with E-state index in [1.54, 1.807) is 0 Å². The molecule has 20 heavy (non-hydrogen) atoms. The van der Waals surface area contributed by atoms with Crippen molar-refractivity contribution < 1.29 is 0 Å². The molecule has 0 amide bonds. The molecule has 0 saturated carbocycles. The van der Waals surface area contributed by atoms with Gasteiger partial charge in [0, 0.05) is 31.1 Å². The third-order valence-electron chi connectivity index (χ3n) is 3.35. The van der Waals surface area contributed by atoms with E-state index < -0.39 is 0 Å². The lowest BCUT2D eigenvalue weighted by Gasteiger charge is -2.24. The summed E-state index contributed by atoms with van der Waals surface area (Å²) in [4.78, 5) is 7.13. The highest BCUT2D eigenvalue weighted by molar-refractivity contribution is 5.81. The lowest BCUT2D eigenvalue weighted by Crippen LogP contribution is -2.26. The first-order valence-corrected chi connectivity index (χ1v) is 7.42. The van der Waals surface area contributed by atoms with Crippen LogP contribution in [0.1, 0.15) is 26.3 Å². The van der Waals surface area contributed by atoms with Gasteiger partial charge in [0.05, 0.1) is 5.52 Å². The molecule has 2 aromatic rings. The molecule has 0 atom stereocenters. The summed E-state index contributed by atoms with van der Waals surface area (Å²) < 4.78 is 0. The van der Waals surface area contributed by atoms with Gasteiger partial charge in [-0.15, -0.1) is 0 Å². The summed E-state index contributed by atoms with van der Waals surface area (Å²) in [6.07, 6.45) is 0. The molecule has 0 unspecified atom stereocenters. The van der Waals surface area contributed by atoms with Gasteiger partial charge in [0.2, 0.25) is 0 Å². The predicted octanol–water partition coefficient (Wildman–Crippen LogP) is 3.44. The van der Waals surface area contributed by atoms with Crippen molar-refractivity contribution in [3.8, 4) is 0 Å². The second-order valence-electron chi connectivity index (χ2n) is 5.72. The van der Waals surface area contributed by atoms with Crippen molar-refractivity contribution in [3.05, 3.63) is 35.9 Å². The SMILES string of the molecule is CCNCc1cc2ccccc2nc1N(C)CC(C)C. The van der Waals surface area contributed by atoms with E-state index in [0.717, 1.165) is 31.0 Å². The Morgan fingerprint density at radius 2 is 2.00 bits per heavy atom. The first-order valence-electron chi connectivity index (χ1n) is 7.42. The molecule has 1 heterocycles. The normalized spacial score (nSPS) is 11.2. The Hall–Kier alpha value is -1.61. The van der Waals surface area contributed by atoms with Crippen molar-refractivity contribution in [2.45, 2.75) is 27.3 Å². The van der Waals surface area contributed by atoms with Gasteiger partial charge in [-0.25, -0.2) is 4.98 Å². The number of para-hydroxylation sites is 1. The molecule has 1 aromatic carbocycles. The molecule has 0 spiro atoms. The van der Waals surface area contributed by atoms with E-state index in [2.05, 4.69) is 62.3 Å². The minimum atomic E-state index is 0.625. The maximum Gasteiger partial charge on any atom is 0.133 e. The smallest absolute Gasteiger partial charge is 0.133 e. The van der Waals surface area contributed by atoms with Crippen LogP contribution in [0.25, 0.3) is 10.9 Å². The van der Waals surface area contributed by atoms with Crippen molar-refractivity contribution in [1.82, 2.24) is 10.3 Å². The van der Waals surface area contributed by atoms with Crippen LogP contribution in [-0.4, -0.2) is 25.1 Å². The van der Waals surface area contributed by atoms with Crippen LogP contribution < -0.4 is 10.2 Å². The van der Waals surface area contributed by atoms with Crippen molar-refractivity contribution in [2.75, 3.05) is 25.0 Å². The topological polar surface area (TPSA) is 28.2 Å². The van der Waals surface area contributed by atoms with Gasteiger partial charge in [0.15, 0.2) is 0 Å². The minimum Gasteiger partial charge on any atom is -0.359 e. The van der Waals surface area contributed by atoms with E-state index in [1.807, 2.05) is 6.07 Å². The fraction of sp³-hybridized carbons (Fsp3) is 0.471. The van der Waals surface area contributed by atoms with Gasteiger partial charge in [0.25, 0.3) is 0 Å². The highest BCUT2D eigenvalue weighted by atomic mass is 15.2. The quantitative estimate of drug-likeness (QED) is 0.872. The molecule has 1 aromatic heterocycles. The van der Waals surface area contributed by atoms with E-state index in [0.29, 0.717) is 5.92 Å². The van der Waals surface area contributed by atoms with Crippen molar-refractivity contribution in [3.63, 3.8) is 0 Å². The Labute approximate surface area is 122 Å². The number of aromatic nitrogens is 1. The summed E-state index contributed by atoms with van der Waals surface area (Å²) in [7, 11) is 2.13. The van der Waals surface area contributed by atoms with Crippen LogP contribution in [0.2, 0.25) is 0 Å². The number of benzene rings is 1. The van der Waals surface area contributed by atoms with Crippen LogP contribution in [0.15, 0.2) is 30.3 Å². The first-order chi connectivity index (χ1) is 9.61. The summed E-state index contributed by atoms with van der Waals surface area (Å²) in [6, 6.07) is 10.6. The van der Waals surface area contributed by atoms with Crippen molar-refractivity contribution in [2.24, 2.45) is 5.92 Å². The average Bonchev–Trinajstić information content (AvgIpc) is 2.43. The van der Waals surface area contributed by atoms with Crippen LogP contribution in [-0.2, 0) is 6.54 Å². The fourth-order valence-electron chi connectivity index (χ4n) is 2.50. The van der Waals surface area contributed by atoms with E-state index >= 15 is 0 Å². The molecule has 0 aliphatic heterocycles. The number of nitrogens with zero attached hydrogens (tertiary/aromatic N) is 2. The number of rotatable bonds is 6. The monoisotopic (exact) mass is 271 g/mol. The number of fused-ring (bicyclic) bond motifs is 1. The Morgan fingerprint density at radius 1 is 1.25 bits per heavy atom. The van der Waals surface area contributed by atoms with Crippen LogP contribution in [0.3, 0.4) is 0 Å². The molecule has 0 radical (unpaired) electrons. The van der Waals surface area contributed by atoms with Crippen LogP contribution in [0, 0.1) is 5.92 Å². The zero-order chi connectivity index (χ0) is 14.5. The molecule has 0 bridgehead atoms. The summed E-state index contributed by atoms with van der Waals surface area (Å²) in [5.41, 5.74) is 2.34. The fourth-order valence-corrected chi connectivity index (χ4v) is 2.50. The Kier molecular flexibility index (Phi) is 4.96. The Balaban J connectivity index is 2.42. The van der Waals surface area contributed by atoms with E-state index in [-0.39, 0.29) is 0 Å². The predicted molar refractivity (Wildman–Crippen MR) is 87.2 cm³/mol. The number of anilines is 1. The molecule has 0 aliphatic carbocycles. The van der Waals surface area contributed by atoms with Crippen molar-refractivity contribution in [1.29, 1.82) is 0 Å². The molecule has 108 valence electrons. The summed E-state index contributed by atoms with van der Waals surface area (Å²) in [6.45, 7) is 9.46. The van der Waals surface area contributed by atoms with Gasteiger partial charge >= 0.3 is 0 Å². The lowest BCUT2D eigenvalue weighted by molar-refractivity contribution is 0.630. The van der Waals surface area contributed by atoms with E-state index in [4.69, 9.17) is 4.98 Å². The van der Waals surface area contributed by atoms with Crippen LogP contribution in [0.5, 0.6) is 0 Å². The second-order valence-corrected chi connectivity index (χ2v) is 5.72. The number of pyridine rings is 1. The minimum absolute atomic E-state index is 0.625. The van der Waals surface area contributed by atoms with Crippen LogP contribution >= 0.6 is 0 Å². The first kappa shape index (κ1) is 14.8. The van der Waals surface area contributed by atoms with Gasteiger partial charge in [-0.1, -0.05) is 39.0 Å². The molecule has 1 N–H and O–H groups in total. The highest BCUT2D eigenvalue weighted by Gasteiger charge is 2.12. The summed E-state index contributed by atoms with van der Waals surface area (Å²) >= 11 is 0. The zero-order valence-electron chi connectivity index (χ0n) is 13.0. The van der Waals surface area contributed by atoms with Gasteiger partial charge in [-0.3, -0.25) is 0 Å².